The Morgan fingerprint density at radius 1 is 1.14 bits per heavy atom. The highest BCUT2D eigenvalue weighted by atomic mass is 35.5. The molecule has 0 aromatic rings. The molecule has 2 amide bonds. The number of hydrogen-bond acceptors (Lipinski definition) is 7. The van der Waals surface area contributed by atoms with Crippen molar-refractivity contribution >= 4 is 24.2 Å². The van der Waals surface area contributed by atoms with E-state index in [9.17, 15) is 19.8 Å². The SMILES string of the molecule is Cl.NCCCCCCNC1=CC=CC2C(=O)N(C3CCC(O)NC3O)C(=O)C12. The van der Waals surface area contributed by atoms with Crippen LogP contribution < -0.4 is 16.4 Å². The summed E-state index contributed by atoms with van der Waals surface area (Å²) >= 11 is 0. The number of halogens is 1. The molecule has 0 aromatic carbocycles. The van der Waals surface area contributed by atoms with Crippen molar-refractivity contribution in [2.24, 2.45) is 17.6 Å². The van der Waals surface area contributed by atoms with E-state index in [1.807, 2.05) is 12.2 Å². The summed E-state index contributed by atoms with van der Waals surface area (Å²) in [6.07, 6.45) is 8.41. The van der Waals surface area contributed by atoms with Crippen LogP contribution in [-0.2, 0) is 9.59 Å². The fourth-order valence-electron chi connectivity index (χ4n) is 4.12. The first kappa shape index (κ1) is 22.8. The molecule has 2 aliphatic heterocycles. The molecule has 9 heteroatoms. The van der Waals surface area contributed by atoms with Crippen LogP contribution in [0.1, 0.15) is 38.5 Å². The third-order valence-electron chi connectivity index (χ3n) is 5.57. The van der Waals surface area contributed by atoms with Gasteiger partial charge in [-0.3, -0.25) is 19.8 Å². The molecule has 3 rings (SSSR count). The number of likely N-dealkylation sites (tertiary alicyclic amines) is 1. The van der Waals surface area contributed by atoms with Crippen LogP contribution in [0.4, 0.5) is 0 Å². The van der Waals surface area contributed by atoms with E-state index >= 15 is 0 Å². The molecule has 8 nitrogen and oxygen atoms in total. The second-order valence-corrected chi connectivity index (χ2v) is 7.46. The molecule has 2 fully saturated rings. The minimum atomic E-state index is -1.12. The van der Waals surface area contributed by atoms with Gasteiger partial charge in [0, 0.05) is 12.2 Å². The molecule has 0 aromatic heterocycles. The van der Waals surface area contributed by atoms with Gasteiger partial charge in [-0.2, -0.15) is 0 Å². The molecule has 1 aliphatic carbocycles. The largest absolute Gasteiger partial charge is 0.388 e. The number of allylic oxidation sites excluding steroid dienone is 2. The molecule has 28 heavy (non-hydrogen) atoms. The molecule has 2 saturated heterocycles. The van der Waals surface area contributed by atoms with Gasteiger partial charge in [-0.1, -0.05) is 25.0 Å². The smallest absolute Gasteiger partial charge is 0.239 e. The summed E-state index contributed by atoms with van der Waals surface area (Å²) in [4.78, 5) is 27.1. The zero-order valence-corrected chi connectivity index (χ0v) is 16.7. The number of amides is 2. The van der Waals surface area contributed by atoms with Gasteiger partial charge in [0.25, 0.3) is 0 Å². The third kappa shape index (κ3) is 4.75. The highest BCUT2D eigenvalue weighted by Gasteiger charge is 2.52. The minimum absolute atomic E-state index is 0. The Balaban J connectivity index is 0.00000280. The van der Waals surface area contributed by atoms with Crippen molar-refractivity contribution in [3.05, 3.63) is 23.9 Å². The van der Waals surface area contributed by atoms with Gasteiger partial charge in [-0.25, -0.2) is 0 Å². The molecule has 0 saturated carbocycles. The van der Waals surface area contributed by atoms with Gasteiger partial charge in [0.15, 0.2) is 0 Å². The first-order valence-corrected chi connectivity index (χ1v) is 9.86. The van der Waals surface area contributed by atoms with E-state index in [1.54, 1.807) is 6.08 Å². The summed E-state index contributed by atoms with van der Waals surface area (Å²) in [6, 6.07) is -0.648. The summed E-state index contributed by atoms with van der Waals surface area (Å²) in [5, 5.41) is 25.7. The summed E-state index contributed by atoms with van der Waals surface area (Å²) in [6.45, 7) is 1.45. The number of piperidine rings is 1. The predicted molar refractivity (Wildman–Crippen MR) is 107 cm³/mol. The van der Waals surface area contributed by atoms with Crippen molar-refractivity contribution in [1.82, 2.24) is 15.5 Å². The number of unbranched alkanes of at least 4 members (excludes halogenated alkanes) is 3. The summed E-state index contributed by atoms with van der Waals surface area (Å²) in [5.74, 6) is -1.64. The van der Waals surface area contributed by atoms with Crippen molar-refractivity contribution < 1.29 is 19.8 Å². The number of carbonyl (C=O) groups excluding carboxylic acids is 2. The number of imide groups is 1. The van der Waals surface area contributed by atoms with Crippen molar-refractivity contribution in [2.75, 3.05) is 13.1 Å². The van der Waals surface area contributed by atoms with Crippen LogP contribution in [0.3, 0.4) is 0 Å². The van der Waals surface area contributed by atoms with E-state index < -0.39 is 30.3 Å². The quantitative estimate of drug-likeness (QED) is 0.278. The Hall–Kier alpha value is -1.45. The maximum atomic E-state index is 13.0. The van der Waals surface area contributed by atoms with Gasteiger partial charge < -0.3 is 21.3 Å². The molecular formula is C19H31ClN4O4. The van der Waals surface area contributed by atoms with Gasteiger partial charge in [-0.05, 0) is 38.3 Å². The average molecular weight is 415 g/mol. The Bertz CT molecular complexity index is 627. The number of hydrogen-bond donors (Lipinski definition) is 5. The number of aliphatic hydroxyl groups excluding tert-OH is 2. The Morgan fingerprint density at radius 2 is 1.89 bits per heavy atom. The normalized spacial score (nSPS) is 32.0. The lowest BCUT2D eigenvalue weighted by Crippen LogP contribution is -2.58. The highest BCUT2D eigenvalue weighted by molar-refractivity contribution is 6.08. The average Bonchev–Trinajstić information content (AvgIpc) is 2.90. The Kier molecular flexibility index (Phi) is 8.45. The van der Waals surface area contributed by atoms with Crippen LogP contribution in [-0.4, -0.2) is 58.5 Å². The lowest BCUT2D eigenvalue weighted by molar-refractivity contribution is -0.149. The first-order chi connectivity index (χ1) is 13.0. The van der Waals surface area contributed by atoms with Crippen molar-refractivity contribution in [3.63, 3.8) is 0 Å². The number of nitrogens with one attached hydrogen (secondary N) is 2. The zero-order valence-electron chi connectivity index (χ0n) is 15.9. The van der Waals surface area contributed by atoms with Crippen LogP contribution in [0.25, 0.3) is 0 Å². The number of rotatable bonds is 8. The number of aliphatic hydroxyl groups is 2. The maximum absolute atomic E-state index is 13.0. The molecule has 158 valence electrons. The number of carbonyl (C=O) groups is 2. The Morgan fingerprint density at radius 3 is 2.61 bits per heavy atom. The topological polar surface area (TPSA) is 128 Å². The van der Waals surface area contributed by atoms with Crippen molar-refractivity contribution in [2.45, 2.75) is 57.0 Å². The van der Waals surface area contributed by atoms with E-state index in [-0.39, 0.29) is 24.2 Å². The molecular weight excluding hydrogens is 384 g/mol. The summed E-state index contributed by atoms with van der Waals surface area (Å²) in [7, 11) is 0. The molecule has 3 aliphatic rings. The van der Waals surface area contributed by atoms with Gasteiger partial charge in [0.2, 0.25) is 11.8 Å². The number of fused-ring (bicyclic) bond motifs is 1. The van der Waals surface area contributed by atoms with Gasteiger partial charge in [-0.15, -0.1) is 12.4 Å². The van der Waals surface area contributed by atoms with Gasteiger partial charge in [0.05, 0.1) is 17.9 Å². The van der Waals surface area contributed by atoms with Crippen molar-refractivity contribution in [1.29, 1.82) is 0 Å². The summed E-state index contributed by atoms with van der Waals surface area (Å²) < 4.78 is 0. The maximum Gasteiger partial charge on any atom is 0.239 e. The first-order valence-electron chi connectivity index (χ1n) is 9.86. The van der Waals surface area contributed by atoms with Crippen LogP contribution in [0.5, 0.6) is 0 Å². The number of nitrogens with two attached hydrogens (primary N) is 1. The fourth-order valence-corrected chi connectivity index (χ4v) is 4.12. The third-order valence-corrected chi connectivity index (χ3v) is 5.57. The molecule has 5 atom stereocenters. The van der Waals surface area contributed by atoms with E-state index in [4.69, 9.17) is 5.73 Å². The highest BCUT2D eigenvalue weighted by Crippen LogP contribution is 2.37. The van der Waals surface area contributed by atoms with E-state index in [0.29, 0.717) is 19.4 Å². The van der Waals surface area contributed by atoms with E-state index in [2.05, 4.69) is 10.6 Å². The van der Waals surface area contributed by atoms with Crippen LogP contribution in [0.2, 0.25) is 0 Å². The predicted octanol–water partition coefficient (Wildman–Crippen LogP) is -0.0394. The molecule has 2 heterocycles. The van der Waals surface area contributed by atoms with Crippen molar-refractivity contribution in [3.8, 4) is 0 Å². The monoisotopic (exact) mass is 414 g/mol. The molecule has 5 unspecified atom stereocenters. The number of nitrogens with zero attached hydrogens (tertiary/aromatic N) is 1. The van der Waals surface area contributed by atoms with Gasteiger partial charge in [0.1, 0.15) is 12.5 Å². The van der Waals surface area contributed by atoms with Crippen LogP contribution in [0, 0.1) is 11.8 Å². The molecule has 0 spiro atoms. The fraction of sp³-hybridized carbons (Fsp3) is 0.684. The molecule has 0 bridgehead atoms. The van der Waals surface area contributed by atoms with Crippen LogP contribution in [0.15, 0.2) is 23.9 Å². The Labute approximate surface area is 171 Å². The van der Waals surface area contributed by atoms with Crippen LogP contribution >= 0.6 is 12.4 Å². The lowest BCUT2D eigenvalue weighted by Gasteiger charge is -2.36. The molecule has 6 N–H and O–H groups in total. The second-order valence-electron chi connectivity index (χ2n) is 7.46. The van der Waals surface area contributed by atoms with Gasteiger partial charge >= 0.3 is 0 Å². The zero-order chi connectivity index (χ0) is 19.4. The van der Waals surface area contributed by atoms with E-state index in [1.165, 1.54) is 4.90 Å². The lowest BCUT2D eigenvalue weighted by atomic mass is 9.88. The second kappa shape index (κ2) is 10.4. The standard InChI is InChI=1S/C19H30N4O4.ClH/c20-10-3-1-2-4-11-21-13-7-5-6-12-16(13)19(27)23(18(12)26)14-8-9-15(24)22-17(14)25;/h5-7,12,14-17,21-22,24-25H,1-4,8-11,20H2;1H. The molecule has 0 radical (unpaired) electrons. The summed E-state index contributed by atoms with van der Waals surface area (Å²) in [5.41, 5.74) is 6.26. The van der Waals surface area contributed by atoms with E-state index in [0.717, 1.165) is 37.9 Å². The minimum Gasteiger partial charge on any atom is -0.388 e.